The van der Waals surface area contributed by atoms with E-state index >= 15 is 0 Å². The van der Waals surface area contributed by atoms with Crippen molar-refractivity contribution in [2.45, 2.75) is 30.2 Å². The van der Waals surface area contributed by atoms with Crippen LogP contribution in [0.4, 0.5) is 5.69 Å². The van der Waals surface area contributed by atoms with Gasteiger partial charge in [0.15, 0.2) is 0 Å². The smallest absolute Gasteiger partial charge is 0.238 e. The van der Waals surface area contributed by atoms with Gasteiger partial charge in [0.1, 0.15) is 0 Å². The molecule has 1 unspecified atom stereocenters. The number of hydrogen-bond donors (Lipinski definition) is 2. The van der Waals surface area contributed by atoms with Crippen molar-refractivity contribution in [3.8, 4) is 0 Å². The van der Waals surface area contributed by atoms with E-state index in [2.05, 4.69) is 34.0 Å². The molecule has 2 aromatic rings. The summed E-state index contributed by atoms with van der Waals surface area (Å²) in [6, 6.07) is 9.17. The number of fused-ring (bicyclic) bond motifs is 1. The van der Waals surface area contributed by atoms with Crippen molar-refractivity contribution in [2.75, 3.05) is 5.32 Å². The largest absolute Gasteiger partial charge is 0.378 e. The van der Waals surface area contributed by atoms with E-state index in [-0.39, 0.29) is 4.90 Å². The maximum absolute atomic E-state index is 11.3. The van der Waals surface area contributed by atoms with E-state index in [0.717, 1.165) is 18.5 Å². The van der Waals surface area contributed by atoms with Crippen LogP contribution in [-0.2, 0) is 16.4 Å². The van der Waals surface area contributed by atoms with Crippen LogP contribution in [0.5, 0.6) is 0 Å². The Labute approximate surface area is 141 Å². The van der Waals surface area contributed by atoms with E-state index < -0.39 is 10.0 Å². The Morgan fingerprint density at radius 1 is 1.29 bits per heavy atom. The summed E-state index contributed by atoms with van der Waals surface area (Å²) in [6.07, 6.45) is 3.43. The number of anilines is 1. The molecule has 0 aliphatic heterocycles. The fourth-order valence-corrected chi connectivity index (χ4v) is 5.25. The summed E-state index contributed by atoms with van der Waals surface area (Å²) in [5.41, 5.74) is 2.30. The van der Waals surface area contributed by atoms with Gasteiger partial charge in [-0.3, -0.25) is 0 Å². The van der Waals surface area contributed by atoms with E-state index in [1.807, 2.05) is 11.3 Å². The molecule has 7 heteroatoms. The molecule has 1 aromatic heterocycles. The number of primary sulfonamides is 1. The number of thiophene rings is 1. The van der Waals surface area contributed by atoms with Crippen LogP contribution in [-0.4, -0.2) is 8.42 Å². The molecule has 0 spiro atoms. The molecule has 0 saturated carbocycles. The number of benzene rings is 1. The van der Waals surface area contributed by atoms with Crippen molar-refractivity contribution in [3.63, 3.8) is 0 Å². The van der Waals surface area contributed by atoms with Crippen LogP contribution < -0.4 is 10.5 Å². The highest BCUT2D eigenvalue weighted by Crippen LogP contribution is 2.38. The van der Waals surface area contributed by atoms with Crippen LogP contribution in [0.15, 0.2) is 35.2 Å². The molecule has 21 heavy (non-hydrogen) atoms. The van der Waals surface area contributed by atoms with Crippen LogP contribution >= 0.6 is 33.9 Å². The number of nitrogens with one attached hydrogen (secondary N) is 1. The van der Waals surface area contributed by atoms with E-state index in [1.54, 1.807) is 24.3 Å². The minimum atomic E-state index is -3.63. The lowest BCUT2D eigenvalue weighted by atomic mass is 9.94. The zero-order valence-electron chi connectivity index (χ0n) is 11.2. The standard InChI is InChI=1S/C14H15IN2O2S2/c15-14-8-11-12(2-1-3-13(11)20-14)17-9-4-6-10(7-5-9)21(16,18)19/h4-8,12,17H,1-3H2,(H2,16,18,19). The molecule has 1 aromatic carbocycles. The lowest BCUT2D eigenvalue weighted by molar-refractivity contribution is 0.597. The van der Waals surface area contributed by atoms with Crippen molar-refractivity contribution < 1.29 is 8.42 Å². The number of hydrogen-bond acceptors (Lipinski definition) is 4. The second-order valence-corrected chi connectivity index (χ2v) is 9.68. The van der Waals surface area contributed by atoms with Gasteiger partial charge in [0, 0.05) is 10.6 Å². The maximum atomic E-state index is 11.3. The molecule has 1 heterocycles. The molecule has 3 rings (SSSR count). The van der Waals surface area contributed by atoms with Crippen LogP contribution in [0.25, 0.3) is 0 Å². The summed E-state index contributed by atoms with van der Waals surface area (Å²) >= 11 is 4.23. The third kappa shape index (κ3) is 3.41. The predicted octanol–water partition coefficient (Wildman–Crippen LogP) is 3.49. The molecule has 0 bridgehead atoms. The molecule has 0 fully saturated rings. The van der Waals surface area contributed by atoms with Crippen LogP contribution in [0.3, 0.4) is 0 Å². The number of rotatable bonds is 3. The second-order valence-electron chi connectivity index (χ2n) is 5.09. The highest BCUT2D eigenvalue weighted by atomic mass is 127. The van der Waals surface area contributed by atoms with Gasteiger partial charge in [-0.05, 0) is 77.7 Å². The summed E-state index contributed by atoms with van der Waals surface area (Å²) in [4.78, 5) is 1.60. The molecule has 1 aliphatic rings. The first-order valence-corrected chi connectivity index (χ1v) is 10.0. The average molecular weight is 434 g/mol. The summed E-state index contributed by atoms with van der Waals surface area (Å²) in [7, 11) is -3.63. The lowest BCUT2D eigenvalue weighted by Crippen LogP contribution is -2.16. The van der Waals surface area contributed by atoms with E-state index in [0.29, 0.717) is 6.04 Å². The maximum Gasteiger partial charge on any atom is 0.238 e. The van der Waals surface area contributed by atoms with Gasteiger partial charge in [0.2, 0.25) is 10.0 Å². The molecular formula is C14H15IN2O2S2. The SMILES string of the molecule is NS(=O)(=O)c1ccc(NC2CCCc3sc(I)cc32)cc1. The zero-order chi connectivity index (χ0) is 15.0. The Morgan fingerprint density at radius 3 is 2.67 bits per heavy atom. The Kier molecular flexibility index (Phi) is 4.26. The molecule has 1 aliphatic carbocycles. The second kappa shape index (κ2) is 5.86. The fourth-order valence-electron chi connectivity index (χ4n) is 2.61. The average Bonchev–Trinajstić information content (AvgIpc) is 2.80. The minimum Gasteiger partial charge on any atom is -0.378 e. The predicted molar refractivity (Wildman–Crippen MR) is 94.2 cm³/mol. The summed E-state index contributed by atoms with van der Waals surface area (Å²) in [5, 5.41) is 8.61. The first-order chi connectivity index (χ1) is 9.93. The van der Waals surface area contributed by atoms with Gasteiger partial charge in [-0.25, -0.2) is 13.6 Å². The van der Waals surface area contributed by atoms with Gasteiger partial charge in [0.25, 0.3) is 0 Å². The van der Waals surface area contributed by atoms with E-state index in [9.17, 15) is 8.42 Å². The molecule has 0 radical (unpaired) electrons. The van der Waals surface area contributed by atoms with Crippen molar-refractivity contribution in [3.05, 3.63) is 43.7 Å². The van der Waals surface area contributed by atoms with Gasteiger partial charge in [-0.15, -0.1) is 11.3 Å². The first kappa shape index (κ1) is 15.3. The normalized spacial score (nSPS) is 18.3. The molecule has 0 saturated heterocycles. The Hall–Kier alpha value is -0.640. The molecule has 3 N–H and O–H groups in total. The van der Waals surface area contributed by atoms with E-state index in [4.69, 9.17) is 5.14 Å². The van der Waals surface area contributed by atoms with Crippen LogP contribution in [0, 0.1) is 2.88 Å². The molecule has 0 amide bonds. The molecule has 112 valence electrons. The third-order valence-electron chi connectivity index (χ3n) is 3.61. The molecule has 1 atom stereocenters. The monoisotopic (exact) mass is 434 g/mol. The van der Waals surface area contributed by atoms with Crippen LogP contribution in [0.1, 0.15) is 29.3 Å². The number of sulfonamides is 1. The van der Waals surface area contributed by atoms with Gasteiger partial charge >= 0.3 is 0 Å². The summed E-state index contributed by atoms with van der Waals surface area (Å²) < 4.78 is 23.8. The molecular weight excluding hydrogens is 419 g/mol. The summed E-state index contributed by atoms with van der Waals surface area (Å²) in [5.74, 6) is 0. The van der Waals surface area contributed by atoms with Crippen molar-refractivity contribution in [1.29, 1.82) is 0 Å². The number of aryl methyl sites for hydroxylation is 1. The van der Waals surface area contributed by atoms with Crippen molar-refractivity contribution >= 4 is 49.6 Å². The van der Waals surface area contributed by atoms with E-state index in [1.165, 1.54) is 19.7 Å². The quantitative estimate of drug-likeness (QED) is 0.727. The summed E-state index contributed by atoms with van der Waals surface area (Å²) in [6.45, 7) is 0. The topological polar surface area (TPSA) is 72.2 Å². The lowest BCUT2D eigenvalue weighted by Gasteiger charge is -2.24. The van der Waals surface area contributed by atoms with Gasteiger partial charge in [-0.2, -0.15) is 0 Å². The van der Waals surface area contributed by atoms with Gasteiger partial charge in [0.05, 0.1) is 13.8 Å². The third-order valence-corrected chi connectivity index (χ3v) is 6.51. The van der Waals surface area contributed by atoms with Crippen LogP contribution in [0.2, 0.25) is 0 Å². The van der Waals surface area contributed by atoms with Gasteiger partial charge < -0.3 is 5.32 Å². The highest BCUT2D eigenvalue weighted by molar-refractivity contribution is 14.1. The molecule has 4 nitrogen and oxygen atoms in total. The Balaban J connectivity index is 1.81. The fraction of sp³-hybridized carbons (Fsp3) is 0.286. The Morgan fingerprint density at radius 2 is 2.00 bits per heavy atom. The van der Waals surface area contributed by atoms with Crippen molar-refractivity contribution in [1.82, 2.24) is 0 Å². The Bertz CT molecular complexity index is 754. The number of halogens is 1. The first-order valence-electron chi connectivity index (χ1n) is 6.61. The van der Waals surface area contributed by atoms with Gasteiger partial charge in [-0.1, -0.05) is 0 Å². The zero-order valence-corrected chi connectivity index (χ0v) is 15.0. The highest BCUT2D eigenvalue weighted by Gasteiger charge is 2.22. The number of nitrogens with two attached hydrogens (primary N) is 1. The minimum absolute atomic E-state index is 0.141. The van der Waals surface area contributed by atoms with Crippen molar-refractivity contribution in [2.24, 2.45) is 5.14 Å².